The molecule has 1 unspecified atom stereocenters. The summed E-state index contributed by atoms with van der Waals surface area (Å²) in [6.07, 6.45) is 0.382. The maximum atomic E-state index is 9.53. The van der Waals surface area contributed by atoms with Gasteiger partial charge in [-0.1, -0.05) is 12.1 Å². The van der Waals surface area contributed by atoms with Crippen LogP contribution in [0.1, 0.15) is 18.1 Å². The van der Waals surface area contributed by atoms with E-state index in [-0.39, 0.29) is 0 Å². The summed E-state index contributed by atoms with van der Waals surface area (Å²) in [5.41, 5.74) is 1.81. The van der Waals surface area contributed by atoms with Gasteiger partial charge in [-0.2, -0.15) is 5.26 Å². The SMILES string of the molecule is CCOCC(O)CNCCc1cccc(C#N)c1. The molecule has 98 valence electrons. The lowest BCUT2D eigenvalue weighted by Crippen LogP contribution is -2.31. The van der Waals surface area contributed by atoms with Gasteiger partial charge in [0.05, 0.1) is 24.3 Å². The lowest BCUT2D eigenvalue weighted by molar-refractivity contribution is 0.0430. The summed E-state index contributed by atoms with van der Waals surface area (Å²) in [7, 11) is 0. The van der Waals surface area contributed by atoms with Crippen molar-refractivity contribution in [2.24, 2.45) is 0 Å². The van der Waals surface area contributed by atoms with E-state index >= 15 is 0 Å². The summed E-state index contributed by atoms with van der Waals surface area (Å²) in [4.78, 5) is 0. The van der Waals surface area contributed by atoms with E-state index in [1.807, 2.05) is 25.1 Å². The van der Waals surface area contributed by atoms with Crippen molar-refractivity contribution in [3.05, 3.63) is 35.4 Å². The highest BCUT2D eigenvalue weighted by molar-refractivity contribution is 5.32. The summed E-state index contributed by atoms with van der Waals surface area (Å²) >= 11 is 0. The van der Waals surface area contributed by atoms with Gasteiger partial charge in [0.2, 0.25) is 0 Å². The van der Waals surface area contributed by atoms with Crippen LogP contribution in [0.15, 0.2) is 24.3 Å². The second-order valence-electron chi connectivity index (χ2n) is 4.08. The molecule has 0 heterocycles. The largest absolute Gasteiger partial charge is 0.389 e. The molecule has 18 heavy (non-hydrogen) atoms. The maximum absolute atomic E-state index is 9.53. The molecular weight excluding hydrogens is 228 g/mol. The van der Waals surface area contributed by atoms with E-state index in [0.717, 1.165) is 18.5 Å². The number of ether oxygens (including phenoxy) is 1. The quantitative estimate of drug-likeness (QED) is 0.676. The molecule has 0 saturated heterocycles. The molecule has 0 fully saturated rings. The molecule has 4 nitrogen and oxygen atoms in total. The lowest BCUT2D eigenvalue weighted by Gasteiger charge is -2.11. The van der Waals surface area contributed by atoms with Gasteiger partial charge < -0.3 is 15.2 Å². The molecule has 0 spiro atoms. The van der Waals surface area contributed by atoms with Crippen molar-refractivity contribution in [1.29, 1.82) is 5.26 Å². The average molecular weight is 248 g/mol. The first-order valence-corrected chi connectivity index (χ1v) is 6.21. The van der Waals surface area contributed by atoms with E-state index in [0.29, 0.717) is 25.3 Å². The van der Waals surface area contributed by atoms with E-state index in [2.05, 4.69) is 11.4 Å². The number of aliphatic hydroxyl groups excluding tert-OH is 1. The normalized spacial score (nSPS) is 12.1. The summed E-state index contributed by atoms with van der Waals surface area (Å²) in [5, 5.41) is 21.5. The second-order valence-corrected chi connectivity index (χ2v) is 4.08. The highest BCUT2D eigenvalue weighted by Gasteiger charge is 2.02. The zero-order chi connectivity index (χ0) is 13.2. The predicted molar refractivity (Wildman–Crippen MR) is 70.2 cm³/mol. The Bertz CT molecular complexity index is 388. The van der Waals surface area contributed by atoms with Crippen LogP contribution < -0.4 is 5.32 Å². The molecule has 0 aliphatic heterocycles. The lowest BCUT2D eigenvalue weighted by atomic mass is 10.1. The predicted octanol–water partition coefficient (Wildman–Crippen LogP) is 1.09. The number of hydrogen-bond acceptors (Lipinski definition) is 4. The van der Waals surface area contributed by atoms with Crippen molar-refractivity contribution in [2.45, 2.75) is 19.4 Å². The topological polar surface area (TPSA) is 65.3 Å². The van der Waals surface area contributed by atoms with Crippen LogP contribution in [-0.4, -0.2) is 37.5 Å². The van der Waals surface area contributed by atoms with E-state index < -0.39 is 6.10 Å². The van der Waals surface area contributed by atoms with Crippen LogP contribution in [0.3, 0.4) is 0 Å². The average Bonchev–Trinajstić information content (AvgIpc) is 2.41. The fraction of sp³-hybridized carbons (Fsp3) is 0.500. The van der Waals surface area contributed by atoms with Gasteiger partial charge in [0.25, 0.3) is 0 Å². The van der Waals surface area contributed by atoms with Crippen molar-refractivity contribution in [2.75, 3.05) is 26.3 Å². The summed E-state index contributed by atoms with van der Waals surface area (Å²) in [6, 6.07) is 9.69. The van der Waals surface area contributed by atoms with E-state index in [1.54, 1.807) is 6.07 Å². The number of aliphatic hydroxyl groups is 1. The van der Waals surface area contributed by atoms with Crippen molar-refractivity contribution in [1.82, 2.24) is 5.32 Å². The van der Waals surface area contributed by atoms with Gasteiger partial charge in [-0.3, -0.25) is 0 Å². The molecule has 0 aliphatic rings. The van der Waals surface area contributed by atoms with Gasteiger partial charge in [-0.05, 0) is 37.6 Å². The maximum Gasteiger partial charge on any atom is 0.0991 e. The van der Waals surface area contributed by atoms with E-state index in [1.165, 1.54) is 0 Å². The molecule has 1 rings (SSSR count). The number of hydrogen-bond donors (Lipinski definition) is 2. The Kier molecular flexibility index (Phi) is 7.04. The highest BCUT2D eigenvalue weighted by Crippen LogP contribution is 2.04. The minimum absolute atomic E-state index is 0.368. The van der Waals surface area contributed by atoms with Gasteiger partial charge in [0, 0.05) is 13.2 Å². The minimum atomic E-state index is -0.463. The van der Waals surface area contributed by atoms with Crippen molar-refractivity contribution >= 4 is 0 Å². The first kappa shape index (κ1) is 14.7. The third kappa shape index (κ3) is 5.78. The molecule has 1 aromatic carbocycles. The molecule has 2 N–H and O–H groups in total. The van der Waals surface area contributed by atoms with Crippen LogP contribution in [0.2, 0.25) is 0 Å². The second kappa shape index (κ2) is 8.65. The third-order valence-corrected chi connectivity index (χ3v) is 2.54. The van der Waals surface area contributed by atoms with Crippen molar-refractivity contribution in [3.8, 4) is 6.07 Å². The van der Waals surface area contributed by atoms with Gasteiger partial charge in [-0.25, -0.2) is 0 Å². The van der Waals surface area contributed by atoms with E-state index in [9.17, 15) is 5.11 Å². The molecule has 0 bridgehead atoms. The summed E-state index contributed by atoms with van der Waals surface area (Å²) in [5.74, 6) is 0. The van der Waals surface area contributed by atoms with Crippen LogP contribution in [-0.2, 0) is 11.2 Å². The molecule has 0 radical (unpaired) electrons. The molecule has 0 amide bonds. The zero-order valence-electron chi connectivity index (χ0n) is 10.7. The Balaban J connectivity index is 2.19. The molecular formula is C14H20N2O2. The first-order chi connectivity index (χ1) is 8.76. The zero-order valence-corrected chi connectivity index (χ0v) is 10.7. The Morgan fingerprint density at radius 3 is 3.06 bits per heavy atom. The molecule has 1 aromatic rings. The van der Waals surface area contributed by atoms with Gasteiger partial charge in [0.1, 0.15) is 0 Å². The van der Waals surface area contributed by atoms with Crippen molar-refractivity contribution in [3.63, 3.8) is 0 Å². The minimum Gasteiger partial charge on any atom is -0.389 e. The molecule has 0 aliphatic carbocycles. The molecule has 4 heteroatoms. The molecule has 1 atom stereocenters. The number of nitriles is 1. The fourth-order valence-electron chi connectivity index (χ4n) is 1.61. The Hall–Kier alpha value is -1.41. The van der Waals surface area contributed by atoms with Crippen molar-refractivity contribution < 1.29 is 9.84 Å². The number of benzene rings is 1. The monoisotopic (exact) mass is 248 g/mol. The summed E-state index contributed by atoms with van der Waals surface area (Å²) in [6.45, 7) is 4.20. The summed E-state index contributed by atoms with van der Waals surface area (Å²) < 4.78 is 5.11. The highest BCUT2D eigenvalue weighted by atomic mass is 16.5. The molecule has 0 aromatic heterocycles. The van der Waals surface area contributed by atoms with Gasteiger partial charge in [0.15, 0.2) is 0 Å². The Morgan fingerprint density at radius 1 is 1.50 bits per heavy atom. The van der Waals surface area contributed by atoms with Crippen LogP contribution in [0.25, 0.3) is 0 Å². The van der Waals surface area contributed by atoms with Crippen LogP contribution in [0.5, 0.6) is 0 Å². The fourth-order valence-corrected chi connectivity index (χ4v) is 1.61. The van der Waals surface area contributed by atoms with Crippen LogP contribution in [0.4, 0.5) is 0 Å². The van der Waals surface area contributed by atoms with Gasteiger partial charge >= 0.3 is 0 Å². The third-order valence-electron chi connectivity index (χ3n) is 2.54. The van der Waals surface area contributed by atoms with Crippen LogP contribution >= 0.6 is 0 Å². The smallest absolute Gasteiger partial charge is 0.0991 e. The van der Waals surface area contributed by atoms with Gasteiger partial charge in [-0.15, -0.1) is 0 Å². The Morgan fingerprint density at radius 2 is 2.33 bits per heavy atom. The van der Waals surface area contributed by atoms with Crippen LogP contribution in [0, 0.1) is 11.3 Å². The number of nitrogens with one attached hydrogen (secondary N) is 1. The number of nitrogens with zero attached hydrogens (tertiary/aromatic N) is 1. The van der Waals surface area contributed by atoms with E-state index in [4.69, 9.17) is 10.00 Å². The Labute approximate surface area is 108 Å². The standard InChI is InChI=1S/C14H20N2O2/c1-2-18-11-14(17)10-16-7-6-12-4-3-5-13(8-12)9-15/h3-5,8,14,16-17H,2,6-7,10-11H2,1H3. The number of rotatable bonds is 8. The molecule has 0 saturated carbocycles. The first-order valence-electron chi connectivity index (χ1n) is 6.21.